The average Bonchev–Trinajstić information content (AvgIpc) is 3.15. The number of pyridine rings is 1. The van der Waals surface area contributed by atoms with Crippen molar-refractivity contribution >= 4 is 35.8 Å². The minimum absolute atomic E-state index is 0. The summed E-state index contributed by atoms with van der Waals surface area (Å²) < 4.78 is 5.50. The number of rotatable bonds is 4. The molecule has 1 spiro atoms. The Kier molecular flexibility index (Phi) is 8.41. The van der Waals surface area contributed by atoms with E-state index in [0.717, 1.165) is 51.2 Å². The topological polar surface area (TPSA) is 53.0 Å². The first-order valence-corrected chi connectivity index (χ1v) is 11.1. The Hall–Kier alpha value is -1.09. The van der Waals surface area contributed by atoms with Crippen LogP contribution in [0.15, 0.2) is 23.3 Å². The maximum Gasteiger partial charge on any atom is 0.194 e. The predicted octanol–water partition coefficient (Wildman–Crippen LogP) is 3.66. The van der Waals surface area contributed by atoms with Gasteiger partial charge in [-0.3, -0.25) is 0 Å². The lowest BCUT2D eigenvalue weighted by Crippen LogP contribution is -2.41. The number of nitrogens with one attached hydrogen (secondary N) is 1. The summed E-state index contributed by atoms with van der Waals surface area (Å²) >= 11 is 0. The van der Waals surface area contributed by atoms with Crippen LogP contribution >= 0.6 is 24.0 Å². The molecule has 162 valence electrons. The molecular weight excluding hydrogens is 477 g/mol. The molecule has 2 saturated heterocycles. The van der Waals surface area contributed by atoms with Gasteiger partial charge in [0.05, 0.1) is 19.8 Å². The van der Waals surface area contributed by atoms with Crippen molar-refractivity contribution in [3.8, 4) is 0 Å². The quantitative estimate of drug-likeness (QED) is 0.379. The summed E-state index contributed by atoms with van der Waals surface area (Å²) in [7, 11) is 0. The zero-order valence-electron chi connectivity index (χ0n) is 17.7. The molecule has 3 aliphatic rings. The number of morpholine rings is 1. The van der Waals surface area contributed by atoms with Crippen molar-refractivity contribution in [2.75, 3.05) is 50.8 Å². The van der Waals surface area contributed by atoms with Crippen molar-refractivity contribution in [3.63, 3.8) is 0 Å². The van der Waals surface area contributed by atoms with E-state index in [0.29, 0.717) is 12.0 Å². The average molecular weight is 513 g/mol. The standard InChI is InChI=1S/C22H35N5O.HI/c1-2-23-21(27-12-10-22(18-27)8-4-3-5-9-22)25-17-19-7-6-11-24-20(19)26-13-15-28-16-14-26;/h6-7,11H,2-5,8-10,12-18H2,1H3,(H,23,25);1H. The molecule has 0 aromatic carbocycles. The molecule has 0 atom stereocenters. The van der Waals surface area contributed by atoms with Gasteiger partial charge >= 0.3 is 0 Å². The maximum atomic E-state index is 5.50. The molecule has 1 aliphatic carbocycles. The third-order valence-electron chi connectivity index (χ3n) is 6.56. The number of halogens is 1. The molecule has 6 nitrogen and oxygen atoms in total. The van der Waals surface area contributed by atoms with Crippen LogP contribution in [0, 0.1) is 5.41 Å². The Balaban J connectivity index is 0.00000240. The van der Waals surface area contributed by atoms with Crippen molar-refractivity contribution in [2.45, 2.75) is 52.0 Å². The SMILES string of the molecule is CCNC(=NCc1cccnc1N1CCOCC1)N1CCC2(CCCCC2)C1.I. The molecule has 3 fully saturated rings. The zero-order chi connectivity index (χ0) is 19.2. The number of nitrogens with zero attached hydrogens (tertiary/aromatic N) is 4. The van der Waals surface area contributed by atoms with Crippen molar-refractivity contribution < 1.29 is 4.74 Å². The summed E-state index contributed by atoms with van der Waals surface area (Å²) in [6, 6.07) is 4.19. The van der Waals surface area contributed by atoms with E-state index in [2.05, 4.69) is 33.1 Å². The second-order valence-electron chi connectivity index (χ2n) is 8.49. The highest BCUT2D eigenvalue weighted by atomic mass is 127. The highest BCUT2D eigenvalue weighted by Crippen LogP contribution is 2.43. The van der Waals surface area contributed by atoms with E-state index in [1.165, 1.54) is 50.6 Å². The molecule has 4 rings (SSSR count). The van der Waals surface area contributed by atoms with E-state index in [1.54, 1.807) is 0 Å². The Labute approximate surface area is 192 Å². The fourth-order valence-corrected chi connectivity index (χ4v) is 5.03. The molecule has 0 radical (unpaired) electrons. The summed E-state index contributed by atoms with van der Waals surface area (Å²) in [5.41, 5.74) is 1.74. The van der Waals surface area contributed by atoms with Gasteiger partial charge in [0, 0.05) is 44.5 Å². The van der Waals surface area contributed by atoms with Crippen LogP contribution in [0.25, 0.3) is 0 Å². The van der Waals surface area contributed by atoms with Crippen molar-refractivity contribution in [3.05, 3.63) is 23.9 Å². The van der Waals surface area contributed by atoms with Gasteiger partial charge in [-0.05, 0) is 37.7 Å². The van der Waals surface area contributed by atoms with Gasteiger partial charge in [0.25, 0.3) is 0 Å². The number of likely N-dealkylation sites (tertiary alicyclic amines) is 1. The Bertz CT molecular complexity index is 671. The van der Waals surface area contributed by atoms with E-state index in [1.807, 2.05) is 12.3 Å². The number of hydrogen-bond acceptors (Lipinski definition) is 4. The maximum absolute atomic E-state index is 5.50. The molecule has 1 aromatic heterocycles. The predicted molar refractivity (Wildman–Crippen MR) is 129 cm³/mol. The summed E-state index contributed by atoms with van der Waals surface area (Å²) in [4.78, 5) is 14.5. The molecule has 0 bridgehead atoms. The lowest BCUT2D eigenvalue weighted by molar-refractivity contribution is 0.122. The molecule has 3 heterocycles. The molecule has 1 N–H and O–H groups in total. The first-order valence-electron chi connectivity index (χ1n) is 11.1. The Morgan fingerprint density at radius 1 is 1.17 bits per heavy atom. The smallest absolute Gasteiger partial charge is 0.194 e. The third kappa shape index (κ3) is 5.54. The van der Waals surface area contributed by atoms with Crippen LogP contribution in [-0.2, 0) is 11.3 Å². The lowest BCUT2D eigenvalue weighted by Gasteiger charge is -2.33. The highest BCUT2D eigenvalue weighted by molar-refractivity contribution is 14.0. The van der Waals surface area contributed by atoms with Crippen LogP contribution in [0.3, 0.4) is 0 Å². The van der Waals surface area contributed by atoms with E-state index in [4.69, 9.17) is 9.73 Å². The molecule has 0 amide bonds. The van der Waals surface area contributed by atoms with Crippen molar-refractivity contribution in [2.24, 2.45) is 10.4 Å². The van der Waals surface area contributed by atoms with Gasteiger partial charge in [0.15, 0.2) is 5.96 Å². The summed E-state index contributed by atoms with van der Waals surface area (Å²) in [5.74, 6) is 2.14. The Morgan fingerprint density at radius 3 is 2.72 bits per heavy atom. The number of ether oxygens (including phenoxy) is 1. The van der Waals surface area contributed by atoms with E-state index < -0.39 is 0 Å². The molecule has 1 aromatic rings. The third-order valence-corrected chi connectivity index (χ3v) is 6.56. The van der Waals surface area contributed by atoms with E-state index in [-0.39, 0.29) is 24.0 Å². The lowest BCUT2D eigenvalue weighted by atomic mass is 9.73. The monoisotopic (exact) mass is 513 g/mol. The second kappa shape index (κ2) is 10.8. The summed E-state index contributed by atoms with van der Waals surface area (Å²) in [5, 5.41) is 3.54. The number of aliphatic imine (C=N–C) groups is 1. The number of hydrogen-bond donors (Lipinski definition) is 1. The van der Waals surface area contributed by atoms with Gasteiger partial charge in [-0.1, -0.05) is 25.3 Å². The molecule has 7 heteroatoms. The van der Waals surface area contributed by atoms with Crippen LogP contribution in [0.1, 0.15) is 51.0 Å². The summed E-state index contributed by atoms with van der Waals surface area (Å²) in [6.07, 6.45) is 10.2. The number of anilines is 1. The van der Waals surface area contributed by atoms with Gasteiger partial charge in [0.1, 0.15) is 5.82 Å². The van der Waals surface area contributed by atoms with Gasteiger partial charge in [-0.15, -0.1) is 24.0 Å². The fourth-order valence-electron chi connectivity index (χ4n) is 5.03. The van der Waals surface area contributed by atoms with Crippen LogP contribution in [0.4, 0.5) is 5.82 Å². The highest BCUT2D eigenvalue weighted by Gasteiger charge is 2.39. The molecule has 29 heavy (non-hydrogen) atoms. The van der Waals surface area contributed by atoms with Crippen molar-refractivity contribution in [1.82, 2.24) is 15.2 Å². The summed E-state index contributed by atoms with van der Waals surface area (Å²) in [6.45, 7) is 9.40. The van der Waals surface area contributed by atoms with Gasteiger partial charge in [-0.25, -0.2) is 9.98 Å². The van der Waals surface area contributed by atoms with Crippen LogP contribution in [0.2, 0.25) is 0 Å². The number of guanidine groups is 1. The number of aromatic nitrogens is 1. The molecular formula is C22H36IN5O. The van der Waals surface area contributed by atoms with Crippen LogP contribution in [-0.4, -0.2) is 61.8 Å². The van der Waals surface area contributed by atoms with Crippen molar-refractivity contribution in [1.29, 1.82) is 0 Å². The Morgan fingerprint density at radius 2 is 1.97 bits per heavy atom. The molecule has 1 saturated carbocycles. The first-order chi connectivity index (χ1) is 13.8. The van der Waals surface area contributed by atoms with Gasteiger partial charge < -0.3 is 19.9 Å². The van der Waals surface area contributed by atoms with E-state index in [9.17, 15) is 0 Å². The zero-order valence-corrected chi connectivity index (χ0v) is 20.1. The van der Waals surface area contributed by atoms with E-state index >= 15 is 0 Å². The minimum Gasteiger partial charge on any atom is -0.378 e. The fraction of sp³-hybridized carbons (Fsp3) is 0.727. The molecule has 2 aliphatic heterocycles. The van der Waals surface area contributed by atoms with Crippen LogP contribution in [0.5, 0.6) is 0 Å². The first kappa shape index (κ1) is 22.6. The largest absolute Gasteiger partial charge is 0.378 e. The van der Waals surface area contributed by atoms with Gasteiger partial charge in [-0.2, -0.15) is 0 Å². The normalized spacial score (nSPS) is 21.9. The second-order valence-corrected chi connectivity index (χ2v) is 8.49. The minimum atomic E-state index is 0. The molecule has 0 unspecified atom stereocenters. The van der Waals surface area contributed by atoms with Crippen LogP contribution < -0.4 is 10.2 Å². The van der Waals surface area contributed by atoms with Gasteiger partial charge in [0.2, 0.25) is 0 Å².